The van der Waals surface area contributed by atoms with Gasteiger partial charge < -0.3 is 10.1 Å². The van der Waals surface area contributed by atoms with Crippen LogP contribution in [-0.4, -0.2) is 18.6 Å². The predicted octanol–water partition coefficient (Wildman–Crippen LogP) is 2.62. The molecule has 0 aromatic heterocycles. The number of hydrogen-bond donors (Lipinski definition) is 1. The standard InChI is InChI=1S/C15H19NO2/c1-4-5-6-10-16-15(17)13-8-7-9-14(11-13)18-12(2)3/h1,7-9,11-12H,5-6,10H2,2-3H3,(H,16,17). The zero-order valence-electron chi connectivity index (χ0n) is 10.9. The molecule has 3 nitrogen and oxygen atoms in total. The number of rotatable bonds is 6. The van der Waals surface area contributed by atoms with Gasteiger partial charge in [-0.2, -0.15) is 0 Å². The van der Waals surface area contributed by atoms with Crippen LogP contribution in [0.3, 0.4) is 0 Å². The monoisotopic (exact) mass is 245 g/mol. The van der Waals surface area contributed by atoms with Crippen molar-refractivity contribution in [3.63, 3.8) is 0 Å². The maximum Gasteiger partial charge on any atom is 0.251 e. The van der Waals surface area contributed by atoms with Crippen molar-refractivity contribution in [1.82, 2.24) is 5.32 Å². The average Bonchev–Trinajstić information content (AvgIpc) is 2.34. The summed E-state index contributed by atoms with van der Waals surface area (Å²) in [6, 6.07) is 7.17. The molecule has 0 bridgehead atoms. The lowest BCUT2D eigenvalue weighted by atomic mass is 10.2. The number of benzene rings is 1. The van der Waals surface area contributed by atoms with Crippen molar-refractivity contribution in [2.24, 2.45) is 0 Å². The molecule has 0 fully saturated rings. The van der Waals surface area contributed by atoms with Crippen molar-refractivity contribution in [1.29, 1.82) is 0 Å². The molecule has 0 aliphatic carbocycles. The Kier molecular flexibility index (Phi) is 5.79. The van der Waals surface area contributed by atoms with Gasteiger partial charge in [0.25, 0.3) is 5.91 Å². The molecule has 0 atom stereocenters. The SMILES string of the molecule is C#CCCCNC(=O)c1cccc(OC(C)C)c1. The highest BCUT2D eigenvalue weighted by Crippen LogP contribution is 2.14. The quantitative estimate of drug-likeness (QED) is 0.618. The second-order valence-corrected chi connectivity index (χ2v) is 4.26. The number of terminal acetylenes is 1. The van der Waals surface area contributed by atoms with E-state index < -0.39 is 0 Å². The van der Waals surface area contributed by atoms with Gasteiger partial charge in [0, 0.05) is 18.5 Å². The molecule has 1 aromatic rings. The van der Waals surface area contributed by atoms with E-state index in [-0.39, 0.29) is 12.0 Å². The first-order valence-corrected chi connectivity index (χ1v) is 6.12. The molecule has 0 heterocycles. The van der Waals surface area contributed by atoms with E-state index in [1.54, 1.807) is 12.1 Å². The Balaban J connectivity index is 2.55. The molecule has 3 heteroatoms. The molecular weight excluding hydrogens is 226 g/mol. The molecule has 18 heavy (non-hydrogen) atoms. The molecule has 0 aliphatic rings. The van der Waals surface area contributed by atoms with Crippen LogP contribution in [0.4, 0.5) is 0 Å². The summed E-state index contributed by atoms with van der Waals surface area (Å²) < 4.78 is 5.54. The third-order valence-electron chi connectivity index (χ3n) is 2.25. The van der Waals surface area contributed by atoms with E-state index in [0.29, 0.717) is 24.3 Å². The van der Waals surface area contributed by atoms with Gasteiger partial charge in [-0.05, 0) is 38.5 Å². The Morgan fingerprint density at radius 1 is 1.50 bits per heavy atom. The van der Waals surface area contributed by atoms with Gasteiger partial charge >= 0.3 is 0 Å². The molecule has 1 rings (SSSR count). The number of nitrogens with one attached hydrogen (secondary N) is 1. The van der Waals surface area contributed by atoms with Crippen LogP contribution in [0.2, 0.25) is 0 Å². The van der Waals surface area contributed by atoms with Crippen LogP contribution < -0.4 is 10.1 Å². The summed E-state index contributed by atoms with van der Waals surface area (Å²) in [5.41, 5.74) is 0.605. The van der Waals surface area contributed by atoms with Crippen molar-refractivity contribution in [2.45, 2.75) is 32.8 Å². The van der Waals surface area contributed by atoms with Crippen LogP contribution in [0.15, 0.2) is 24.3 Å². The van der Waals surface area contributed by atoms with Crippen molar-refractivity contribution in [2.75, 3.05) is 6.54 Å². The molecule has 96 valence electrons. The van der Waals surface area contributed by atoms with Crippen molar-refractivity contribution >= 4 is 5.91 Å². The molecule has 1 aromatic carbocycles. The van der Waals surface area contributed by atoms with Crippen LogP contribution >= 0.6 is 0 Å². The van der Waals surface area contributed by atoms with Crippen LogP contribution in [-0.2, 0) is 0 Å². The predicted molar refractivity (Wildman–Crippen MR) is 72.6 cm³/mol. The maximum absolute atomic E-state index is 11.8. The summed E-state index contributed by atoms with van der Waals surface area (Å²) in [5.74, 6) is 3.15. The molecule has 0 unspecified atom stereocenters. The van der Waals surface area contributed by atoms with Crippen LogP contribution in [0, 0.1) is 12.3 Å². The van der Waals surface area contributed by atoms with Gasteiger partial charge in [0.2, 0.25) is 0 Å². The van der Waals surface area contributed by atoms with E-state index in [1.807, 2.05) is 26.0 Å². The highest BCUT2D eigenvalue weighted by atomic mass is 16.5. The molecule has 1 N–H and O–H groups in total. The average molecular weight is 245 g/mol. The lowest BCUT2D eigenvalue weighted by molar-refractivity contribution is 0.0952. The van der Waals surface area contributed by atoms with E-state index in [2.05, 4.69) is 11.2 Å². The number of ether oxygens (including phenoxy) is 1. The summed E-state index contributed by atoms with van der Waals surface area (Å²) in [7, 11) is 0. The number of carbonyl (C=O) groups is 1. The second-order valence-electron chi connectivity index (χ2n) is 4.26. The smallest absolute Gasteiger partial charge is 0.251 e. The Labute approximate surface area is 109 Å². The fourth-order valence-electron chi connectivity index (χ4n) is 1.48. The Morgan fingerprint density at radius 3 is 2.94 bits per heavy atom. The van der Waals surface area contributed by atoms with Gasteiger partial charge in [0.05, 0.1) is 6.10 Å². The van der Waals surface area contributed by atoms with Crippen molar-refractivity contribution in [3.05, 3.63) is 29.8 Å². The summed E-state index contributed by atoms with van der Waals surface area (Å²) in [6.45, 7) is 4.50. The van der Waals surface area contributed by atoms with Gasteiger partial charge in [0.1, 0.15) is 5.75 Å². The maximum atomic E-state index is 11.8. The first kappa shape index (κ1) is 14.1. The third-order valence-corrected chi connectivity index (χ3v) is 2.25. The summed E-state index contributed by atoms with van der Waals surface area (Å²) in [6.07, 6.45) is 6.71. The molecule has 0 aliphatic heterocycles. The van der Waals surface area contributed by atoms with E-state index in [1.165, 1.54) is 0 Å². The molecular formula is C15H19NO2. The Bertz CT molecular complexity index is 432. The van der Waals surface area contributed by atoms with Crippen molar-refractivity contribution < 1.29 is 9.53 Å². The van der Waals surface area contributed by atoms with Gasteiger partial charge in [-0.3, -0.25) is 4.79 Å². The van der Waals surface area contributed by atoms with Gasteiger partial charge in [-0.1, -0.05) is 6.07 Å². The molecule has 1 amide bonds. The fourth-order valence-corrected chi connectivity index (χ4v) is 1.48. The van der Waals surface area contributed by atoms with E-state index in [9.17, 15) is 4.79 Å². The zero-order chi connectivity index (χ0) is 13.4. The topological polar surface area (TPSA) is 38.3 Å². The second kappa shape index (κ2) is 7.39. The number of hydrogen-bond acceptors (Lipinski definition) is 2. The minimum Gasteiger partial charge on any atom is -0.491 e. The molecule has 0 radical (unpaired) electrons. The molecule has 0 saturated carbocycles. The van der Waals surface area contributed by atoms with Crippen LogP contribution in [0.1, 0.15) is 37.0 Å². The largest absolute Gasteiger partial charge is 0.491 e. The number of amides is 1. The summed E-state index contributed by atoms with van der Waals surface area (Å²) in [4.78, 5) is 11.8. The van der Waals surface area contributed by atoms with E-state index in [0.717, 1.165) is 6.42 Å². The normalized spacial score (nSPS) is 9.89. The fraction of sp³-hybridized carbons (Fsp3) is 0.400. The van der Waals surface area contributed by atoms with Crippen LogP contribution in [0.5, 0.6) is 5.75 Å². The first-order chi connectivity index (χ1) is 8.63. The van der Waals surface area contributed by atoms with Crippen molar-refractivity contribution in [3.8, 4) is 18.1 Å². The Morgan fingerprint density at radius 2 is 2.28 bits per heavy atom. The van der Waals surface area contributed by atoms with Gasteiger partial charge in [-0.15, -0.1) is 12.3 Å². The van der Waals surface area contributed by atoms with Gasteiger partial charge in [0.15, 0.2) is 0 Å². The highest BCUT2D eigenvalue weighted by Gasteiger charge is 2.06. The third kappa shape index (κ3) is 4.92. The molecule has 0 spiro atoms. The van der Waals surface area contributed by atoms with E-state index >= 15 is 0 Å². The first-order valence-electron chi connectivity index (χ1n) is 6.12. The lowest BCUT2D eigenvalue weighted by Crippen LogP contribution is -2.24. The van der Waals surface area contributed by atoms with E-state index in [4.69, 9.17) is 11.2 Å². The zero-order valence-corrected chi connectivity index (χ0v) is 10.9. The lowest BCUT2D eigenvalue weighted by Gasteiger charge is -2.10. The Hall–Kier alpha value is -1.95. The molecule has 0 saturated heterocycles. The minimum atomic E-state index is -0.0961. The van der Waals surface area contributed by atoms with Gasteiger partial charge in [-0.25, -0.2) is 0 Å². The van der Waals surface area contributed by atoms with Crippen LogP contribution in [0.25, 0.3) is 0 Å². The highest BCUT2D eigenvalue weighted by molar-refractivity contribution is 5.94. The number of carbonyl (C=O) groups excluding carboxylic acids is 1. The summed E-state index contributed by atoms with van der Waals surface area (Å²) >= 11 is 0. The minimum absolute atomic E-state index is 0.0961. The number of unbranched alkanes of at least 4 members (excludes halogenated alkanes) is 1. The summed E-state index contributed by atoms with van der Waals surface area (Å²) in [5, 5.41) is 2.82.